The number of hydrogen-bond donors (Lipinski definition) is 2. The molecule has 0 radical (unpaired) electrons. The lowest BCUT2D eigenvalue weighted by atomic mass is 10.1. The SMILES string of the molecule is Cc1cccc(-c2n[nH]c(C(C)N)n2)c1. The normalized spacial score (nSPS) is 12.7. The van der Waals surface area contributed by atoms with Gasteiger partial charge >= 0.3 is 0 Å². The summed E-state index contributed by atoms with van der Waals surface area (Å²) in [6.45, 7) is 3.92. The molecule has 4 heteroatoms. The number of nitrogens with one attached hydrogen (secondary N) is 1. The van der Waals surface area contributed by atoms with Gasteiger partial charge in [0.2, 0.25) is 0 Å². The summed E-state index contributed by atoms with van der Waals surface area (Å²) in [5, 5.41) is 6.97. The molecule has 0 spiro atoms. The van der Waals surface area contributed by atoms with Crippen molar-refractivity contribution in [2.75, 3.05) is 0 Å². The largest absolute Gasteiger partial charge is 0.322 e. The van der Waals surface area contributed by atoms with Gasteiger partial charge in [0.25, 0.3) is 0 Å². The van der Waals surface area contributed by atoms with Gasteiger partial charge in [-0.2, -0.15) is 5.10 Å². The minimum atomic E-state index is -0.115. The van der Waals surface area contributed by atoms with Gasteiger partial charge < -0.3 is 5.73 Å². The fourth-order valence-corrected chi connectivity index (χ4v) is 1.39. The van der Waals surface area contributed by atoms with E-state index in [1.54, 1.807) is 0 Å². The number of benzene rings is 1. The van der Waals surface area contributed by atoms with Crippen LogP contribution in [-0.4, -0.2) is 15.2 Å². The maximum absolute atomic E-state index is 5.70. The van der Waals surface area contributed by atoms with Crippen LogP contribution in [0.3, 0.4) is 0 Å². The molecule has 0 aliphatic rings. The Morgan fingerprint density at radius 3 is 2.80 bits per heavy atom. The van der Waals surface area contributed by atoms with Crippen LogP contribution in [0.5, 0.6) is 0 Å². The molecule has 1 aromatic heterocycles. The van der Waals surface area contributed by atoms with Crippen LogP contribution in [-0.2, 0) is 0 Å². The minimum absolute atomic E-state index is 0.115. The number of aromatic nitrogens is 3. The second-order valence-electron chi connectivity index (χ2n) is 3.70. The van der Waals surface area contributed by atoms with E-state index in [0.717, 1.165) is 5.56 Å². The Kier molecular flexibility index (Phi) is 2.51. The highest BCUT2D eigenvalue weighted by Gasteiger charge is 2.08. The summed E-state index contributed by atoms with van der Waals surface area (Å²) in [5.74, 6) is 1.41. The monoisotopic (exact) mass is 202 g/mol. The van der Waals surface area contributed by atoms with E-state index in [1.165, 1.54) is 5.56 Å². The first-order valence-electron chi connectivity index (χ1n) is 4.92. The second-order valence-corrected chi connectivity index (χ2v) is 3.70. The standard InChI is InChI=1S/C11H14N4/c1-7-4-3-5-9(6-7)11-13-10(8(2)12)14-15-11/h3-6,8H,12H2,1-2H3,(H,13,14,15). The lowest BCUT2D eigenvalue weighted by Crippen LogP contribution is -2.06. The van der Waals surface area contributed by atoms with Crippen molar-refractivity contribution in [3.8, 4) is 11.4 Å². The molecule has 0 bridgehead atoms. The smallest absolute Gasteiger partial charge is 0.181 e. The summed E-state index contributed by atoms with van der Waals surface area (Å²) < 4.78 is 0. The maximum atomic E-state index is 5.70. The molecule has 0 aliphatic carbocycles. The van der Waals surface area contributed by atoms with Crippen molar-refractivity contribution in [2.45, 2.75) is 19.9 Å². The molecule has 1 unspecified atom stereocenters. The van der Waals surface area contributed by atoms with Gasteiger partial charge in [-0.15, -0.1) is 0 Å². The van der Waals surface area contributed by atoms with Crippen LogP contribution in [0.2, 0.25) is 0 Å². The fraction of sp³-hybridized carbons (Fsp3) is 0.273. The van der Waals surface area contributed by atoms with Crippen LogP contribution >= 0.6 is 0 Å². The first-order chi connectivity index (χ1) is 7.16. The van der Waals surface area contributed by atoms with Crippen molar-refractivity contribution < 1.29 is 0 Å². The van der Waals surface area contributed by atoms with Crippen LogP contribution in [0.25, 0.3) is 11.4 Å². The summed E-state index contributed by atoms with van der Waals surface area (Å²) in [4.78, 5) is 4.33. The van der Waals surface area contributed by atoms with E-state index in [-0.39, 0.29) is 6.04 Å². The molecular weight excluding hydrogens is 188 g/mol. The number of nitrogens with two attached hydrogens (primary N) is 1. The topological polar surface area (TPSA) is 67.6 Å². The molecular formula is C11H14N4. The minimum Gasteiger partial charge on any atom is -0.322 e. The van der Waals surface area contributed by atoms with Gasteiger partial charge in [0.05, 0.1) is 6.04 Å². The van der Waals surface area contributed by atoms with Gasteiger partial charge in [0.1, 0.15) is 5.82 Å². The zero-order chi connectivity index (χ0) is 10.8. The lowest BCUT2D eigenvalue weighted by molar-refractivity contribution is 0.745. The van der Waals surface area contributed by atoms with Gasteiger partial charge in [0.15, 0.2) is 5.82 Å². The predicted octanol–water partition coefficient (Wildman–Crippen LogP) is 1.80. The molecule has 0 aliphatic heterocycles. The Labute approximate surface area is 88.5 Å². The molecule has 78 valence electrons. The third-order valence-corrected chi connectivity index (χ3v) is 2.21. The summed E-state index contributed by atoms with van der Waals surface area (Å²) in [6.07, 6.45) is 0. The van der Waals surface area contributed by atoms with Gasteiger partial charge in [-0.3, -0.25) is 5.10 Å². The van der Waals surface area contributed by atoms with Crippen LogP contribution in [0.1, 0.15) is 24.4 Å². The third-order valence-electron chi connectivity index (χ3n) is 2.21. The van der Waals surface area contributed by atoms with Crippen molar-refractivity contribution in [1.29, 1.82) is 0 Å². The fourth-order valence-electron chi connectivity index (χ4n) is 1.39. The van der Waals surface area contributed by atoms with E-state index in [9.17, 15) is 0 Å². The molecule has 0 fully saturated rings. The average molecular weight is 202 g/mol. The Balaban J connectivity index is 2.37. The molecule has 0 saturated carbocycles. The average Bonchev–Trinajstić information content (AvgIpc) is 2.66. The zero-order valence-electron chi connectivity index (χ0n) is 8.86. The summed E-state index contributed by atoms with van der Waals surface area (Å²) in [7, 11) is 0. The van der Waals surface area contributed by atoms with Crippen molar-refractivity contribution >= 4 is 0 Å². The zero-order valence-corrected chi connectivity index (χ0v) is 8.86. The summed E-state index contributed by atoms with van der Waals surface area (Å²) in [5.41, 5.74) is 7.91. The van der Waals surface area contributed by atoms with E-state index in [0.29, 0.717) is 11.6 Å². The maximum Gasteiger partial charge on any atom is 0.181 e. The van der Waals surface area contributed by atoms with Crippen LogP contribution in [0, 0.1) is 6.92 Å². The number of aryl methyl sites for hydroxylation is 1. The quantitative estimate of drug-likeness (QED) is 0.780. The number of aromatic amines is 1. The Morgan fingerprint density at radius 2 is 2.20 bits per heavy atom. The molecule has 2 rings (SSSR count). The van der Waals surface area contributed by atoms with E-state index in [1.807, 2.05) is 38.1 Å². The van der Waals surface area contributed by atoms with E-state index < -0.39 is 0 Å². The summed E-state index contributed by atoms with van der Waals surface area (Å²) >= 11 is 0. The van der Waals surface area contributed by atoms with Crippen molar-refractivity contribution in [1.82, 2.24) is 15.2 Å². The molecule has 1 atom stereocenters. The van der Waals surface area contributed by atoms with Gasteiger partial charge in [-0.05, 0) is 19.9 Å². The van der Waals surface area contributed by atoms with Gasteiger partial charge in [0, 0.05) is 5.56 Å². The molecule has 15 heavy (non-hydrogen) atoms. The van der Waals surface area contributed by atoms with Crippen LogP contribution in [0.4, 0.5) is 0 Å². The summed E-state index contributed by atoms with van der Waals surface area (Å²) in [6, 6.07) is 7.96. The highest BCUT2D eigenvalue weighted by Crippen LogP contribution is 2.16. The Morgan fingerprint density at radius 1 is 1.40 bits per heavy atom. The van der Waals surface area contributed by atoms with Crippen LogP contribution in [0.15, 0.2) is 24.3 Å². The first kappa shape index (κ1) is 9.86. The molecule has 1 heterocycles. The number of nitrogens with zero attached hydrogens (tertiary/aromatic N) is 2. The lowest BCUT2D eigenvalue weighted by Gasteiger charge is -1.97. The molecule has 4 nitrogen and oxygen atoms in total. The Bertz CT molecular complexity index is 459. The molecule has 0 saturated heterocycles. The number of rotatable bonds is 2. The molecule has 2 aromatic rings. The first-order valence-corrected chi connectivity index (χ1v) is 4.92. The van der Waals surface area contributed by atoms with Crippen LogP contribution < -0.4 is 5.73 Å². The molecule has 1 aromatic carbocycles. The van der Waals surface area contributed by atoms with Gasteiger partial charge in [-0.1, -0.05) is 23.8 Å². The van der Waals surface area contributed by atoms with Gasteiger partial charge in [-0.25, -0.2) is 4.98 Å². The highest BCUT2D eigenvalue weighted by molar-refractivity contribution is 5.55. The third kappa shape index (κ3) is 2.05. The number of H-pyrrole nitrogens is 1. The van der Waals surface area contributed by atoms with E-state index >= 15 is 0 Å². The second kappa shape index (κ2) is 3.82. The molecule has 3 N–H and O–H groups in total. The highest BCUT2D eigenvalue weighted by atomic mass is 15.2. The van der Waals surface area contributed by atoms with Crippen molar-refractivity contribution in [3.63, 3.8) is 0 Å². The number of hydrogen-bond acceptors (Lipinski definition) is 3. The van der Waals surface area contributed by atoms with Crippen molar-refractivity contribution in [2.24, 2.45) is 5.73 Å². The van der Waals surface area contributed by atoms with E-state index in [2.05, 4.69) is 15.2 Å². The predicted molar refractivity (Wildman–Crippen MR) is 59.2 cm³/mol. The Hall–Kier alpha value is -1.68. The van der Waals surface area contributed by atoms with E-state index in [4.69, 9.17) is 5.73 Å². The van der Waals surface area contributed by atoms with Crippen molar-refractivity contribution in [3.05, 3.63) is 35.7 Å². The molecule has 0 amide bonds.